The van der Waals surface area contributed by atoms with E-state index in [1.165, 1.54) is 0 Å². The lowest BCUT2D eigenvalue weighted by Crippen LogP contribution is -2.55. The predicted molar refractivity (Wildman–Crippen MR) is 116 cm³/mol. The molecular formula is C22H33N3O6. The third kappa shape index (κ3) is 6.75. The average Bonchev–Trinajstić information content (AvgIpc) is 3.56. The molecule has 1 saturated heterocycles. The Morgan fingerprint density at radius 3 is 2.42 bits per heavy atom. The smallest absolute Gasteiger partial charge is 0.252 e. The second kappa shape index (κ2) is 11.2. The van der Waals surface area contributed by atoms with Gasteiger partial charge in [-0.2, -0.15) is 0 Å². The molecule has 0 saturated carbocycles. The van der Waals surface area contributed by atoms with Gasteiger partial charge in [0, 0.05) is 17.8 Å². The first-order chi connectivity index (χ1) is 14.8. The lowest BCUT2D eigenvalue weighted by Gasteiger charge is -2.24. The molecule has 0 radical (unpaired) electrons. The number of ketones is 1. The Morgan fingerprint density at radius 1 is 1.16 bits per heavy atom. The molecule has 9 nitrogen and oxygen atoms in total. The summed E-state index contributed by atoms with van der Waals surface area (Å²) in [5.41, 5.74) is -0.148. The molecule has 0 aliphatic carbocycles. The summed E-state index contributed by atoms with van der Waals surface area (Å²) in [6, 6.07) is 4.71. The predicted octanol–water partition coefficient (Wildman–Crippen LogP) is 0.461. The number of anilines is 1. The van der Waals surface area contributed by atoms with Crippen molar-refractivity contribution in [1.29, 1.82) is 0 Å². The second-order valence-corrected chi connectivity index (χ2v) is 8.21. The van der Waals surface area contributed by atoms with Gasteiger partial charge in [-0.1, -0.05) is 26.8 Å². The number of aliphatic hydroxyl groups excluding tert-OH is 2. The van der Waals surface area contributed by atoms with Gasteiger partial charge in [-0.05, 0) is 37.0 Å². The maximum Gasteiger partial charge on any atom is 0.252 e. The van der Waals surface area contributed by atoms with Gasteiger partial charge >= 0.3 is 0 Å². The number of rotatable bonds is 13. The first-order valence-corrected chi connectivity index (χ1v) is 10.6. The van der Waals surface area contributed by atoms with Crippen LogP contribution in [0.4, 0.5) is 5.69 Å². The van der Waals surface area contributed by atoms with Crippen LogP contribution in [0.2, 0.25) is 0 Å². The van der Waals surface area contributed by atoms with Gasteiger partial charge in [0.2, 0.25) is 5.91 Å². The number of amides is 2. The summed E-state index contributed by atoms with van der Waals surface area (Å²) in [4.78, 5) is 38.1. The zero-order valence-corrected chi connectivity index (χ0v) is 18.3. The topological polar surface area (TPSA) is 140 Å². The number of hydrogen-bond acceptors (Lipinski definition) is 7. The minimum Gasteiger partial charge on any atom is -0.394 e. The van der Waals surface area contributed by atoms with Crippen LogP contribution in [0.15, 0.2) is 24.3 Å². The van der Waals surface area contributed by atoms with Crippen molar-refractivity contribution in [3.63, 3.8) is 0 Å². The van der Waals surface area contributed by atoms with Crippen LogP contribution in [0.1, 0.15) is 44.0 Å². The Balaban J connectivity index is 2.05. The first-order valence-electron chi connectivity index (χ1n) is 10.6. The molecule has 2 amide bonds. The van der Waals surface area contributed by atoms with Crippen LogP contribution in [0.3, 0.4) is 0 Å². The Labute approximate surface area is 182 Å². The highest BCUT2D eigenvalue weighted by molar-refractivity contribution is 6.00. The number of Topliss-reactive ketones (excluding diaryl/α,β-unsaturated/α-hetero) is 1. The van der Waals surface area contributed by atoms with Crippen LogP contribution in [0.25, 0.3) is 0 Å². The van der Waals surface area contributed by atoms with E-state index < -0.39 is 48.5 Å². The fourth-order valence-electron chi connectivity index (χ4n) is 3.17. The zero-order chi connectivity index (χ0) is 23.0. The van der Waals surface area contributed by atoms with Gasteiger partial charge in [0.05, 0.1) is 25.9 Å². The van der Waals surface area contributed by atoms with Crippen LogP contribution in [-0.2, 0) is 14.3 Å². The van der Waals surface area contributed by atoms with Gasteiger partial charge in [0.15, 0.2) is 11.4 Å². The SMILES string of the molecule is CCCNc1cccc(C(=O)N[C@@H](CO)C(=O)NC(CC(C)C)C(=O)[C@@]2(CO)CO2)c1. The van der Waals surface area contributed by atoms with Gasteiger partial charge in [-0.3, -0.25) is 14.4 Å². The minimum absolute atomic E-state index is 0.0873. The molecule has 2 rings (SSSR count). The summed E-state index contributed by atoms with van der Waals surface area (Å²) >= 11 is 0. The van der Waals surface area contributed by atoms with E-state index in [-0.39, 0.29) is 12.5 Å². The van der Waals surface area contributed by atoms with Crippen molar-refractivity contribution < 1.29 is 29.3 Å². The normalized spacial score (nSPS) is 19.4. The Kier molecular flexibility index (Phi) is 8.97. The van der Waals surface area contributed by atoms with Crippen LogP contribution in [-0.4, -0.2) is 71.9 Å². The van der Waals surface area contributed by atoms with Crippen molar-refractivity contribution in [3.8, 4) is 0 Å². The molecule has 1 aromatic rings. The molecule has 31 heavy (non-hydrogen) atoms. The van der Waals surface area contributed by atoms with E-state index >= 15 is 0 Å². The molecule has 1 aliphatic rings. The maximum absolute atomic E-state index is 12.8. The highest BCUT2D eigenvalue weighted by Crippen LogP contribution is 2.30. The Bertz CT molecular complexity index is 778. The zero-order valence-electron chi connectivity index (χ0n) is 18.3. The third-order valence-electron chi connectivity index (χ3n) is 5.05. The molecule has 9 heteroatoms. The number of carbonyl (C=O) groups is 3. The van der Waals surface area contributed by atoms with E-state index in [1.807, 2.05) is 26.8 Å². The summed E-state index contributed by atoms with van der Waals surface area (Å²) in [5, 5.41) is 27.4. The number of ether oxygens (including phenoxy) is 1. The number of aliphatic hydroxyl groups is 2. The van der Waals surface area contributed by atoms with E-state index in [0.29, 0.717) is 12.0 Å². The molecule has 3 atom stereocenters. The molecule has 1 aliphatic heterocycles. The van der Waals surface area contributed by atoms with Crippen molar-refractivity contribution in [1.82, 2.24) is 10.6 Å². The summed E-state index contributed by atoms with van der Waals surface area (Å²) in [5.74, 6) is -1.51. The molecule has 1 fully saturated rings. The monoisotopic (exact) mass is 435 g/mol. The van der Waals surface area contributed by atoms with Crippen molar-refractivity contribution >= 4 is 23.3 Å². The van der Waals surface area contributed by atoms with Crippen LogP contribution >= 0.6 is 0 Å². The van der Waals surface area contributed by atoms with Crippen molar-refractivity contribution in [2.45, 2.75) is 51.3 Å². The van der Waals surface area contributed by atoms with Crippen LogP contribution < -0.4 is 16.0 Å². The highest BCUT2D eigenvalue weighted by atomic mass is 16.6. The molecule has 5 N–H and O–H groups in total. The molecule has 0 aromatic heterocycles. The first kappa shape index (κ1) is 24.8. The number of benzene rings is 1. The summed E-state index contributed by atoms with van der Waals surface area (Å²) in [6.07, 6.45) is 1.27. The number of hydrogen-bond donors (Lipinski definition) is 5. The van der Waals surface area contributed by atoms with Gasteiger partial charge < -0.3 is 30.9 Å². The van der Waals surface area contributed by atoms with Gasteiger partial charge in [0.25, 0.3) is 5.91 Å². The van der Waals surface area contributed by atoms with E-state index in [9.17, 15) is 24.6 Å². The number of nitrogens with one attached hydrogen (secondary N) is 3. The standard InChI is InChI=1S/C22H33N3O6/c1-4-8-23-16-7-5-6-15(10-16)20(29)25-18(11-26)21(30)24-17(9-14(2)3)19(28)22(12-27)13-31-22/h5-7,10,14,17-18,23,26-27H,4,8-9,11-13H2,1-3H3,(H,24,30)(H,25,29)/t17?,18-,22+/m0/s1. The van der Waals surface area contributed by atoms with E-state index in [0.717, 1.165) is 18.7 Å². The molecule has 0 spiro atoms. The fourth-order valence-corrected chi connectivity index (χ4v) is 3.17. The summed E-state index contributed by atoms with van der Waals surface area (Å²) in [7, 11) is 0. The van der Waals surface area contributed by atoms with Gasteiger partial charge in [0.1, 0.15) is 6.04 Å². The van der Waals surface area contributed by atoms with Crippen molar-refractivity contribution in [2.24, 2.45) is 5.92 Å². The largest absolute Gasteiger partial charge is 0.394 e. The molecule has 1 heterocycles. The average molecular weight is 436 g/mol. The maximum atomic E-state index is 12.8. The number of carbonyl (C=O) groups excluding carboxylic acids is 3. The summed E-state index contributed by atoms with van der Waals surface area (Å²) < 4.78 is 5.12. The van der Waals surface area contributed by atoms with Crippen LogP contribution in [0.5, 0.6) is 0 Å². The van der Waals surface area contributed by atoms with Crippen molar-refractivity contribution in [2.75, 3.05) is 31.7 Å². The molecule has 172 valence electrons. The number of epoxide rings is 1. The van der Waals surface area contributed by atoms with Crippen LogP contribution in [0, 0.1) is 5.92 Å². The lowest BCUT2D eigenvalue weighted by molar-refractivity contribution is -0.133. The third-order valence-corrected chi connectivity index (χ3v) is 5.05. The Morgan fingerprint density at radius 2 is 1.87 bits per heavy atom. The molecule has 0 bridgehead atoms. The van der Waals surface area contributed by atoms with E-state index in [1.54, 1.807) is 18.2 Å². The minimum atomic E-state index is -1.27. The highest BCUT2D eigenvalue weighted by Gasteiger charge is 2.54. The molecule has 1 unspecified atom stereocenters. The van der Waals surface area contributed by atoms with Gasteiger partial charge in [-0.25, -0.2) is 0 Å². The van der Waals surface area contributed by atoms with E-state index in [2.05, 4.69) is 16.0 Å². The van der Waals surface area contributed by atoms with Gasteiger partial charge in [-0.15, -0.1) is 0 Å². The molecule has 1 aromatic carbocycles. The quantitative estimate of drug-likeness (QED) is 0.284. The second-order valence-electron chi connectivity index (χ2n) is 8.21. The summed E-state index contributed by atoms with van der Waals surface area (Å²) in [6.45, 7) is 5.61. The molecular weight excluding hydrogens is 402 g/mol. The Hall–Kier alpha value is -2.49. The lowest BCUT2D eigenvalue weighted by atomic mass is 9.92. The van der Waals surface area contributed by atoms with Crippen molar-refractivity contribution in [3.05, 3.63) is 29.8 Å². The van der Waals surface area contributed by atoms with E-state index in [4.69, 9.17) is 4.74 Å². The fraction of sp³-hybridized carbons (Fsp3) is 0.591.